The summed E-state index contributed by atoms with van der Waals surface area (Å²) in [5, 5.41) is 2.25. The number of nitrogens with zero attached hydrogens (tertiary/aromatic N) is 1. The topological polar surface area (TPSA) is 38.9 Å². The maximum Gasteiger partial charge on any atom is 0.115 e. The number of pyridine rings is 1. The highest BCUT2D eigenvalue weighted by molar-refractivity contribution is 8.00. The van der Waals surface area contributed by atoms with Gasteiger partial charge in [-0.2, -0.15) is 0 Å². The molecule has 1 aliphatic rings. The minimum Gasteiger partial charge on any atom is -0.330 e. The van der Waals surface area contributed by atoms with E-state index in [-0.39, 0.29) is 0 Å². The Morgan fingerprint density at radius 2 is 2.19 bits per heavy atom. The molecule has 21 heavy (non-hydrogen) atoms. The van der Waals surface area contributed by atoms with E-state index in [0.717, 1.165) is 22.5 Å². The molecule has 2 N–H and O–H groups in total. The molecule has 1 aromatic heterocycles. The third-order valence-corrected chi connectivity index (χ3v) is 7.08. The number of thioether (sulfide) groups is 1. The van der Waals surface area contributed by atoms with Crippen LogP contribution in [0.15, 0.2) is 23.4 Å². The van der Waals surface area contributed by atoms with Gasteiger partial charge in [0.1, 0.15) is 5.03 Å². The van der Waals surface area contributed by atoms with Gasteiger partial charge in [-0.05, 0) is 55.2 Å². The van der Waals surface area contributed by atoms with E-state index in [1.165, 1.54) is 25.7 Å². The minimum absolute atomic E-state index is 0.409. The van der Waals surface area contributed by atoms with Crippen LogP contribution in [0.5, 0.6) is 0 Å². The number of rotatable bonds is 5. The van der Waals surface area contributed by atoms with Gasteiger partial charge in [0.25, 0.3) is 0 Å². The quantitative estimate of drug-likeness (QED) is 0.826. The Morgan fingerprint density at radius 1 is 1.43 bits per heavy atom. The van der Waals surface area contributed by atoms with Crippen LogP contribution in [0.4, 0.5) is 0 Å². The molecule has 1 fully saturated rings. The van der Waals surface area contributed by atoms with Gasteiger partial charge in [0.05, 0.1) is 5.02 Å². The largest absolute Gasteiger partial charge is 0.330 e. The standard InChI is InChI=1S/C17H27ClN2S/c1-4-17(2,3)13-8-7-12(11-19)15(10-13)21-16-14(18)6-5-9-20-16/h5-6,9,12-13,15H,4,7-8,10-11,19H2,1-3H3. The first kappa shape index (κ1) is 17.1. The van der Waals surface area contributed by atoms with Crippen LogP contribution < -0.4 is 5.73 Å². The molecule has 4 heteroatoms. The van der Waals surface area contributed by atoms with Crippen molar-refractivity contribution in [3.63, 3.8) is 0 Å². The van der Waals surface area contributed by atoms with E-state index < -0.39 is 0 Å². The highest BCUT2D eigenvalue weighted by Gasteiger charge is 2.37. The molecule has 0 radical (unpaired) electrons. The summed E-state index contributed by atoms with van der Waals surface area (Å²) in [5.41, 5.74) is 6.41. The van der Waals surface area contributed by atoms with Gasteiger partial charge in [-0.3, -0.25) is 0 Å². The first-order chi connectivity index (χ1) is 9.97. The van der Waals surface area contributed by atoms with Crippen LogP contribution in [0.3, 0.4) is 0 Å². The van der Waals surface area contributed by atoms with E-state index >= 15 is 0 Å². The molecule has 0 spiro atoms. The van der Waals surface area contributed by atoms with Gasteiger partial charge in [0, 0.05) is 11.4 Å². The van der Waals surface area contributed by atoms with Gasteiger partial charge in [-0.15, -0.1) is 11.8 Å². The average Bonchev–Trinajstić information content (AvgIpc) is 2.49. The first-order valence-electron chi connectivity index (χ1n) is 7.95. The Kier molecular flexibility index (Phi) is 5.98. The molecule has 0 aliphatic heterocycles. The van der Waals surface area contributed by atoms with Crippen LogP contribution in [-0.4, -0.2) is 16.8 Å². The molecule has 1 saturated carbocycles. The van der Waals surface area contributed by atoms with Crippen molar-refractivity contribution >= 4 is 23.4 Å². The van der Waals surface area contributed by atoms with Crippen molar-refractivity contribution in [3.8, 4) is 0 Å². The van der Waals surface area contributed by atoms with Crippen LogP contribution in [0.25, 0.3) is 0 Å². The summed E-state index contributed by atoms with van der Waals surface area (Å²) in [4.78, 5) is 4.44. The van der Waals surface area contributed by atoms with E-state index in [0.29, 0.717) is 16.6 Å². The molecule has 0 saturated heterocycles. The molecular formula is C17H27ClN2S. The Balaban J connectivity index is 2.12. The smallest absolute Gasteiger partial charge is 0.115 e. The van der Waals surface area contributed by atoms with Crippen LogP contribution in [0.2, 0.25) is 5.02 Å². The van der Waals surface area contributed by atoms with Gasteiger partial charge in [-0.1, -0.05) is 38.8 Å². The van der Waals surface area contributed by atoms with Gasteiger partial charge < -0.3 is 5.73 Å². The number of halogens is 1. The maximum absolute atomic E-state index is 6.27. The highest BCUT2D eigenvalue weighted by atomic mass is 35.5. The lowest BCUT2D eigenvalue weighted by Gasteiger charge is -2.42. The van der Waals surface area contributed by atoms with Crippen molar-refractivity contribution in [2.24, 2.45) is 23.0 Å². The third kappa shape index (κ3) is 4.14. The highest BCUT2D eigenvalue weighted by Crippen LogP contribution is 2.47. The summed E-state index contributed by atoms with van der Waals surface area (Å²) in [6, 6.07) is 3.81. The van der Waals surface area contributed by atoms with Gasteiger partial charge >= 0.3 is 0 Å². The molecule has 118 valence electrons. The molecule has 2 nitrogen and oxygen atoms in total. The van der Waals surface area contributed by atoms with E-state index in [1.807, 2.05) is 30.1 Å². The summed E-state index contributed by atoms with van der Waals surface area (Å²) in [6.45, 7) is 7.86. The molecule has 1 aliphatic carbocycles. The Bertz CT molecular complexity index is 464. The second kappa shape index (κ2) is 7.34. The molecular weight excluding hydrogens is 300 g/mol. The summed E-state index contributed by atoms with van der Waals surface area (Å²) in [6.07, 6.45) is 6.80. The van der Waals surface area contributed by atoms with E-state index in [4.69, 9.17) is 17.3 Å². The molecule has 0 aromatic carbocycles. The number of hydrogen-bond donors (Lipinski definition) is 1. The number of aromatic nitrogens is 1. The third-order valence-electron chi connectivity index (χ3n) is 5.24. The predicted molar refractivity (Wildman–Crippen MR) is 92.8 cm³/mol. The zero-order valence-corrected chi connectivity index (χ0v) is 14.9. The zero-order chi connectivity index (χ0) is 15.5. The Hall–Kier alpha value is -0.250. The second-order valence-corrected chi connectivity index (χ2v) is 8.43. The monoisotopic (exact) mass is 326 g/mol. The lowest BCUT2D eigenvalue weighted by atomic mass is 9.67. The normalized spacial score (nSPS) is 26.8. The maximum atomic E-state index is 6.27. The number of hydrogen-bond acceptors (Lipinski definition) is 3. The fourth-order valence-electron chi connectivity index (χ4n) is 3.21. The van der Waals surface area contributed by atoms with Crippen LogP contribution in [0, 0.1) is 17.3 Å². The van der Waals surface area contributed by atoms with Crippen molar-refractivity contribution in [1.82, 2.24) is 4.98 Å². The first-order valence-corrected chi connectivity index (χ1v) is 9.21. The van der Waals surface area contributed by atoms with Gasteiger partial charge in [0.2, 0.25) is 0 Å². The predicted octanol–water partition coefficient (Wildman–Crippen LogP) is 5.01. The fourth-order valence-corrected chi connectivity index (χ4v) is 4.82. The van der Waals surface area contributed by atoms with E-state index in [9.17, 15) is 0 Å². The lowest BCUT2D eigenvalue weighted by molar-refractivity contribution is 0.134. The van der Waals surface area contributed by atoms with Crippen molar-refractivity contribution in [2.75, 3.05) is 6.54 Å². The molecule has 1 aromatic rings. The molecule has 1 heterocycles. The van der Waals surface area contributed by atoms with Crippen molar-refractivity contribution < 1.29 is 0 Å². The second-order valence-electron chi connectivity index (χ2n) is 6.79. The molecule has 2 rings (SSSR count). The van der Waals surface area contributed by atoms with Crippen molar-refractivity contribution in [3.05, 3.63) is 23.4 Å². The minimum atomic E-state index is 0.409. The van der Waals surface area contributed by atoms with E-state index in [1.54, 1.807) is 0 Å². The number of nitrogens with two attached hydrogens (primary N) is 1. The molecule has 3 unspecified atom stereocenters. The summed E-state index contributed by atoms with van der Waals surface area (Å²) < 4.78 is 0. The molecule has 3 atom stereocenters. The van der Waals surface area contributed by atoms with Crippen molar-refractivity contribution in [2.45, 2.75) is 56.7 Å². The SMILES string of the molecule is CCC(C)(C)C1CCC(CN)C(Sc2ncccc2Cl)C1. The van der Waals surface area contributed by atoms with Gasteiger partial charge in [0.15, 0.2) is 0 Å². The fraction of sp³-hybridized carbons (Fsp3) is 0.706. The van der Waals surface area contributed by atoms with Crippen molar-refractivity contribution in [1.29, 1.82) is 0 Å². The zero-order valence-electron chi connectivity index (χ0n) is 13.3. The molecule has 0 bridgehead atoms. The summed E-state index contributed by atoms with van der Waals surface area (Å²) >= 11 is 8.10. The lowest BCUT2D eigenvalue weighted by Crippen LogP contribution is -2.37. The average molecular weight is 327 g/mol. The van der Waals surface area contributed by atoms with Crippen LogP contribution in [-0.2, 0) is 0 Å². The van der Waals surface area contributed by atoms with Crippen LogP contribution in [0.1, 0.15) is 46.5 Å². The van der Waals surface area contributed by atoms with E-state index in [2.05, 4.69) is 25.8 Å². The van der Waals surface area contributed by atoms with Gasteiger partial charge in [-0.25, -0.2) is 4.98 Å². The Labute approximate surface area is 138 Å². The Morgan fingerprint density at radius 3 is 2.81 bits per heavy atom. The van der Waals surface area contributed by atoms with Crippen LogP contribution >= 0.6 is 23.4 Å². The summed E-state index contributed by atoms with van der Waals surface area (Å²) in [5.74, 6) is 1.35. The molecule has 0 amide bonds. The summed E-state index contributed by atoms with van der Waals surface area (Å²) in [7, 11) is 0.